The summed E-state index contributed by atoms with van der Waals surface area (Å²) in [6, 6.07) is 13.4. The van der Waals surface area contributed by atoms with Crippen LogP contribution in [-0.2, 0) is 6.42 Å². The summed E-state index contributed by atoms with van der Waals surface area (Å²) < 4.78 is 6.29. The summed E-state index contributed by atoms with van der Waals surface area (Å²) in [5.41, 5.74) is 5.39. The van der Waals surface area contributed by atoms with Crippen molar-refractivity contribution in [3.8, 4) is 28.8 Å². The van der Waals surface area contributed by atoms with Crippen LogP contribution in [0.5, 0.6) is 5.75 Å². The number of fused-ring (bicyclic) bond motifs is 3. The number of nitrogens with one attached hydrogen (secondary N) is 1. The van der Waals surface area contributed by atoms with Crippen LogP contribution in [0.3, 0.4) is 0 Å². The van der Waals surface area contributed by atoms with Gasteiger partial charge in [-0.2, -0.15) is 0 Å². The Morgan fingerprint density at radius 3 is 2.76 bits per heavy atom. The molecule has 1 aromatic heterocycles. The van der Waals surface area contributed by atoms with Gasteiger partial charge in [-0.3, -0.25) is 4.90 Å². The lowest BCUT2D eigenvalue weighted by Crippen LogP contribution is -2.25. The molecule has 0 spiro atoms. The summed E-state index contributed by atoms with van der Waals surface area (Å²) in [5, 5.41) is 14.6. The minimum absolute atomic E-state index is 0.223. The first-order valence-electron chi connectivity index (χ1n) is 11.3. The number of nitrogens with zero attached hydrogens (tertiary/aromatic N) is 4. The Bertz CT molecular complexity index is 1280. The average Bonchev–Trinajstić information content (AvgIpc) is 3.28. The predicted molar refractivity (Wildman–Crippen MR) is 128 cm³/mol. The molecule has 168 valence electrons. The van der Waals surface area contributed by atoms with Crippen molar-refractivity contribution < 1.29 is 9.94 Å². The first-order valence-corrected chi connectivity index (χ1v) is 11.3. The molecule has 33 heavy (non-hydrogen) atoms. The Balaban J connectivity index is 1.49. The molecule has 0 atom stereocenters. The highest BCUT2D eigenvalue weighted by Crippen LogP contribution is 2.32. The molecule has 2 aliphatic heterocycles. The van der Waals surface area contributed by atoms with E-state index in [1.807, 2.05) is 36.4 Å². The van der Waals surface area contributed by atoms with E-state index in [1.54, 1.807) is 13.3 Å². The fourth-order valence-corrected chi connectivity index (χ4v) is 4.31. The molecule has 2 aromatic carbocycles. The van der Waals surface area contributed by atoms with E-state index in [2.05, 4.69) is 38.1 Å². The van der Waals surface area contributed by atoms with E-state index in [9.17, 15) is 5.21 Å². The molecule has 0 bridgehead atoms. The molecule has 3 aromatic rings. The van der Waals surface area contributed by atoms with Crippen molar-refractivity contribution in [3.63, 3.8) is 0 Å². The summed E-state index contributed by atoms with van der Waals surface area (Å²) in [7, 11) is 1.62. The molecule has 0 aliphatic carbocycles. The molecular formula is C26H27N5O2. The number of methoxy groups -OCH3 is 1. The third-order valence-electron chi connectivity index (χ3n) is 6.06. The Hall–Kier alpha value is -3.76. The van der Waals surface area contributed by atoms with E-state index in [4.69, 9.17) is 4.74 Å². The van der Waals surface area contributed by atoms with Crippen molar-refractivity contribution in [2.24, 2.45) is 4.99 Å². The number of hydrogen-bond acceptors (Lipinski definition) is 6. The van der Waals surface area contributed by atoms with Gasteiger partial charge in [0.1, 0.15) is 5.75 Å². The Labute approximate surface area is 193 Å². The van der Waals surface area contributed by atoms with Crippen molar-refractivity contribution in [2.75, 3.05) is 38.6 Å². The second-order valence-electron chi connectivity index (χ2n) is 8.28. The largest absolute Gasteiger partial charge is 0.497 e. The number of ether oxygens (including phenoxy) is 1. The van der Waals surface area contributed by atoms with Crippen molar-refractivity contribution in [1.82, 2.24) is 14.6 Å². The second kappa shape index (κ2) is 9.39. The van der Waals surface area contributed by atoms with Gasteiger partial charge < -0.3 is 15.3 Å². The lowest BCUT2D eigenvalue weighted by Gasteiger charge is -2.13. The molecule has 3 heterocycles. The molecule has 0 unspecified atom stereocenters. The van der Waals surface area contributed by atoms with E-state index < -0.39 is 0 Å². The Morgan fingerprint density at radius 2 is 1.97 bits per heavy atom. The van der Waals surface area contributed by atoms with E-state index in [0.717, 1.165) is 65.5 Å². The standard InChI is InChI=1S/C26H27N5O2/c1-33-22-9-7-21(8-10-22)29-26-28-18-20-12-13-27-24-17-19(5-4-16-30-14-2-3-15-30)6-11-23(24)25(20)31(26)32/h6-11,17-18,27,32H,2-3,12-16H2,1H3. The van der Waals surface area contributed by atoms with Gasteiger partial charge in [0.25, 0.3) is 5.62 Å². The maximum absolute atomic E-state index is 11.1. The smallest absolute Gasteiger partial charge is 0.264 e. The van der Waals surface area contributed by atoms with Crippen LogP contribution < -0.4 is 15.7 Å². The van der Waals surface area contributed by atoms with Crippen LogP contribution in [0.2, 0.25) is 0 Å². The lowest BCUT2D eigenvalue weighted by atomic mass is 10.0. The molecule has 0 amide bonds. The van der Waals surface area contributed by atoms with Crippen molar-refractivity contribution >= 4 is 11.4 Å². The Morgan fingerprint density at radius 1 is 1.15 bits per heavy atom. The maximum Gasteiger partial charge on any atom is 0.264 e. The molecule has 7 heteroatoms. The number of anilines is 1. The molecule has 5 rings (SSSR count). The minimum atomic E-state index is 0.223. The third kappa shape index (κ3) is 4.57. The van der Waals surface area contributed by atoms with Gasteiger partial charge in [0.05, 0.1) is 25.0 Å². The summed E-state index contributed by atoms with van der Waals surface area (Å²) in [6.07, 6.45) is 5.08. The van der Waals surface area contributed by atoms with Crippen LogP contribution in [0, 0.1) is 11.8 Å². The lowest BCUT2D eigenvalue weighted by molar-refractivity contribution is 0.171. The fourth-order valence-electron chi connectivity index (χ4n) is 4.31. The van der Waals surface area contributed by atoms with Gasteiger partial charge in [0, 0.05) is 35.1 Å². The van der Waals surface area contributed by atoms with Crippen LogP contribution in [0.15, 0.2) is 53.7 Å². The molecule has 1 fully saturated rings. The van der Waals surface area contributed by atoms with Crippen LogP contribution in [0.25, 0.3) is 11.3 Å². The van der Waals surface area contributed by atoms with E-state index in [1.165, 1.54) is 12.8 Å². The van der Waals surface area contributed by atoms with E-state index in [0.29, 0.717) is 11.4 Å². The van der Waals surface area contributed by atoms with Crippen molar-refractivity contribution in [3.05, 3.63) is 65.4 Å². The normalized spacial score (nSPS) is 15.6. The zero-order valence-corrected chi connectivity index (χ0v) is 18.7. The van der Waals surface area contributed by atoms with Crippen molar-refractivity contribution in [1.29, 1.82) is 0 Å². The third-order valence-corrected chi connectivity index (χ3v) is 6.06. The van der Waals surface area contributed by atoms with Gasteiger partial charge >= 0.3 is 0 Å². The molecule has 1 saturated heterocycles. The van der Waals surface area contributed by atoms with Crippen molar-refractivity contribution in [2.45, 2.75) is 19.3 Å². The van der Waals surface area contributed by atoms with E-state index in [-0.39, 0.29) is 5.62 Å². The van der Waals surface area contributed by atoms with Gasteiger partial charge in [-0.05, 0) is 74.8 Å². The van der Waals surface area contributed by atoms with Gasteiger partial charge in [0.15, 0.2) is 0 Å². The van der Waals surface area contributed by atoms with Gasteiger partial charge in [-0.25, -0.2) is 9.98 Å². The van der Waals surface area contributed by atoms with Gasteiger partial charge in [-0.1, -0.05) is 11.8 Å². The van der Waals surface area contributed by atoms with Crippen LogP contribution in [0.1, 0.15) is 24.0 Å². The topological polar surface area (TPSA) is 74.9 Å². The van der Waals surface area contributed by atoms with Gasteiger partial charge in [-0.15, -0.1) is 4.73 Å². The van der Waals surface area contributed by atoms with Crippen LogP contribution in [0.4, 0.5) is 11.4 Å². The summed E-state index contributed by atoms with van der Waals surface area (Å²) >= 11 is 0. The summed E-state index contributed by atoms with van der Waals surface area (Å²) in [4.78, 5) is 11.3. The quantitative estimate of drug-likeness (QED) is 0.481. The zero-order valence-electron chi connectivity index (χ0n) is 18.7. The number of benzene rings is 2. The molecule has 2 N–H and O–H groups in total. The highest BCUT2D eigenvalue weighted by molar-refractivity contribution is 5.80. The number of rotatable bonds is 3. The molecular weight excluding hydrogens is 414 g/mol. The predicted octanol–water partition coefficient (Wildman–Crippen LogP) is 3.44. The number of likely N-dealkylation sites (tertiary alicyclic amines) is 1. The van der Waals surface area contributed by atoms with Crippen LogP contribution >= 0.6 is 0 Å². The first kappa shape index (κ1) is 21.1. The van der Waals surface area contributed by atoms with Gasteiger partial charge in [0.2, 0.25) is 0 Å². The first-order chi connectivity index (χ1) is 16.2. The summed E-state index contributed by atoms with van der Waals surface area (Å²) in [6.45, 7) is 3.85. The zero-order chi connectivity index (χ0) is 22.6. The molecule has 0 radical (unpaired) electrons. The fraction of sp³-hybridized carbons (Fsp3) is 0.308. The van der Waals surface area contributed by atoms with E-state index >= 15 is 0 Å². The molecule has 7 nitrogen and oxygen atoms in total. The van der Waals surface area contributed by atoms with Crippen LogP contribution in [-0.4, -0.2) is 53.1 Å². The average molecular weight is 442 g/mol. The Kier molecular flexibility index (Phi) is 6.01. The molecule has 2 aliphatic rings. The highest BCUT2D eigenvalue weighted by atomic mass is 16.5. The second-order valence-corrected chi connectivity index (χ2v) is 8.28. The summed E-state index contributed by atoms with van der Waals surface area (Å²) in [5.74, 6) is 7.34. The maximum atomic E-state index is 11.1. The minimum Gasteiger partial charge on any atom is -0.497 e. The monoisotopic (exact) mass is 441 g/mol. The number of hydrogen-bond donors (Lipinski definition) is 2. The molecule has 0 saturated carbocycles. The SMILES string of the molecule is COc1ccc(N=c2ncc3c(n2O)-c2ccc(C#CCN4CCCC4)cc2NCC3)cc1. The number of aromatic nitrogens is 2. The highest BCUT2D eigenvalue weighted by Gasteiger charge is 2.19.